The SMILES string of the molecule is CNC(=O)[C@@H](C)N(Cc1cccc(OC)c1)C(=O)CN(c1ccc(Cl)cc1C)S(=O)(=O)c1ccccc1. The Morgan fingerprint density at radius 1 is 1.03 bits per heavy atom. The molecule has 196 valence electrons. The minimum absolute atomic E-state index is 0.0378. The molecule has 0 aliphatic rings. The van der Waals surface area contributed by atoms with Crippen molar-refractivity contribution in [3.05, 3.63) is 88.9 Å². The van der Waals surface area contributed by atoms with Crippen LogP contribution in [0.2, 0.25) is 5.02 Å². The van der Waals surface area contributed by atoms with Crippen molar-refractivity contribution in [3.8, 4) is 5.75 Å². The molecule has 8 nitrogen and oxygen atoms in total. The van der Waals surface area contributed by atoms with Gasteiger partial charge in [0.2, 0.25) is 11.8 Å². The van der Waals surface area contributed by atoms with Crippen LogP contribution >= 0.6 is 11.6 Å². The van der Waals surface area contributed by atoms with Crippen LogP contribution in [0.3, 0.4) is 0 Å². The molecule has 0 heterocycles. The number of sulfonamides is 1. The second kappa shape index (κ2) is 12.1. The van der Waals surface area contributed by atoms with Crippen LogP contribution < -0.4 is 14.4 Å². The molecule has 0 aliphatic carbocycles. The van der Waals surface area contributed by atoms with Gasteiger partial charge in [-0.3, -0.25) is 13.9 Å². The van der Waals surface area contributed by atoms with Crippen LogP contribution in [-0.4, -0.2) is 51.9 Å². The number of amides is 2. The molecule has 0 aliphatic heterocycles. The molecule has 1 atom stereocenters. The normalized spacial score (nSPS) is 11.9. The predicted octanol–water partition coefficient (Wildman–Crippen LogP) is 4.02. The Hall–Kier alpha value is -3.56. The first-order chi connectivity index (χ1) is 17.6. The van der Waals surface area contributed by atoms with Gasteiger partial charge in [0.15, 0.2) is 0 Å². The summed E-state index contributed by atoms with van der Waals surface area (Å²) in [6.45, 7) is 2.87. The molecule has 3 aromatic rings. The minimum atomic E-state index is -4.13. The van der Waals surface area contributed by atoms with Gasteiger partial charge in [0.05, 0.1) is 17.7 Å². The molecular formula is C27H30ClN3O5S. The maximum absolute atomic E-state index is 13.8. The maximum Gasteiger partial charge on any atom is 0.264 e. The van der Waals surface area contributed by atoms with E-state index in [1.54, 1.807) is 74.5 Å². The van der Waals surface area contributed by atoms with E-state index < -0.39 is 28.5 Å². The Bertz CT molecular complexity index is 1370. The molecule has 2 amide bonds. The smallest absolute Gasteiger partial charge is 0.264 e. The molecule has 0 fully saturated rings. The molecule has 0 bridgehead atoms. The zero-order valence-electron chi connectivity index (χ0n) is 21.1. The van der Waals surface area contributed by atoms with Gasteiger partial charge in [0, 0.05) is 18.6 Å². The molecule has 3 rings (SSSR count). The monoisotopic (exact) mass is 543 g/mol. The lowest BCUT2D eigenvalue weighted by Gasteiger charge is -2.32. The molecule has 0 spiro atoms. The molecule has 37 heavy (non-hydrogen) atoms. The number of carbonyl (C=O) groups excluding carboxylic acids is 2. The standard InChI is InChI=1S/C27H30ClN3O5S/c1-19-15-22(28)13-14-25(19)31(37(34,35)24-11-6-5-7-12-24)18-26(32)30(20(2)27(33)29-3)17-21-9-8-10-23(16-21)36-4/h5-16,20H,17-18H2,1-4H3,(H,29,33)/t20-/m1/s1. The van der Waals surface area contributed by atoms with Crippen molar-refractivity contribution in [1.82, 2.24) is 10.2 Å². The molecular weight excluding hydrogens is 514 g/mol. The summed E-state index contributed by atoms with van der Waals surface area (Å²) in [7, 11) is -1.11. The highest BCUT2D eigenvalue weighted by atomic mass is 35.5. The van der Waals surface area contributed by atoms with Gasteiger partial charge < -0.3 is 15.0 Å². The number of aryl methyl sites for hydroxylation is 1. The van der Waals surface area contributed by atoms with Gasteiger partial charge in [0.25, 0.3) is 10.0 Å². The van der Waals surface area contributed by atoms with Crippen LogP contribution in [0.25, 0.3) is 0 Å². The van der Waals surface area contributed by atoms with E-state index in [-0.39, 0.29) is 17.3 Å². The van der Waals surface area contributed by atoms with Gasteiger partial charge in [0.1, 0.15) is 18.3 Å². The van der Waals surface area contributed by atoms with Crippen LogP contribution in [0.15, 0.2) is 77.7 Å². The van der Waals surface area contributed by atoms with Gasteiger partial charge in [-0.05, 0) is 67.4 Å². The number of anilines is 1. The minimum Gasteiger partial charge on any atom is -0.497 e. The maximum atomic E-state index is 13.8. The number of hydrogen-bond acceptors (Lipinski definition) is 5. The Balaban J connectivity index is 2.06. The zero-order valence-corrected chi connectivity index (χ0v) is 22.7. The van der Waals surface area contributed by atoms with Gasteiger partial charge in [-0.1, -0.05) is 41.9 Å². The Morgan fingerprint density at radius 3 is 2.35 bits per heavy atom. The van der Waals surface area contributed by atoms with Crippen molar-refractivity contribution in [2.75, 3.05) is 25.0 Å². The van der Waals surface area contributed by atoms with Crippen molar-refractivity contribution < 1.29 is 22.7 Å². The second-order valence-corrected chi connectivity index (χ2v) is 10.7. The topological polar surface area (TPSA) is 96.0 Å². The first-order valence-electron chi connectivity index (χ1n) is 11.6. The molecule has 10 heteroatoms. The summed E-state index contributed by atoms with van der Waals surface area (Å²) >= 11 is 6.12. The van der Waals surface area contributed by atoms with Crippen LogP contribution in [-0.2, 0) is 26.2 Å². The van der Waals surface area contributed by atoms with Crippen LogP contribution in [0, 0.1) is 6.92 Å². The van der Waals surface area contributed by atoms with E-state index in [4.69, 9.17) is 16.3 Å². The fourth-order valence-electron chi connectivity index (χ4n) is 3.89. The third-order valence-corrected chi connectivity index (χ3v) is 7.95. The summed E-state index contributed by atoms with van der Waals surface area (Å²) in [5.74, 6) is -0.327. The molecule has 0 saturated carbocycles. The van der Waals surface area contributed by atoms with E-state index in [2.05, 4.69) is 5.32 Å². The highest BCUT2D eigenvalue weighted by Crippen LogP contribution is 2.29. The number of methoxy groups -OCH3 is 1. The molecule has 1 N–H and O–H groups in total. The molecule has 0 unspecified atom stereocenters. The van der Waals surface area contributed by atoms with E-state index in [9.17, 15) is 18.0 Å². The van der Waals surface area contributed by atoms with Crippen molar-refractivity contribution in [2.45, 2.75) is 31.3 Å². The van der Waals surface area contributed by atoms with Crippen molar-refractivity contribution in [2.24, 2.45) is 0 Å². The Kier molecular flexibility index (Phi) is 9.18. The van der Waals surface area contributed by atoms with Gasteiger partial charge in [-0.25, -0.2) is 8.42 Å². The third kappa shape index (κ3) is 6.61. The largest absolute Gasteiger partial charge is 0.497 e. The highest BCUT2D eigenvalue weighted by molar-refractivity contribution is 7.92. The fourth-order valence-corrected chi connectivity index (χ4v) is 5.62. The Morgan fingerprint density at radius 2 is 1.73 bits per heavy atom. The van der Waals surface area contributed by atoms with Crippen LogP contribution in [0.5, 0.6) is 5.75 Å². The van der Waals surface area contributed by atoms with Crippen LogP contribution in [0.1, 0.15) is 18.1 Å². The second-order valence-electron chi connectivity index (χ2n) is 8.42. The van der Waals surface area contributed by atoms with E-state index in [0.29, 0.717) is 22.0 Å². The number of nitrogens with one attached hydrogen (secondary N) is 1. The number of hydrogen-bond donors (Lipinski definition) is 1. The lowest BCUT2D eigenvalue weighted by Crippen LogP contribution is -2.50. The number of benzene rings is 3. The van der Waals surface area contributed by atoms with Crippen molar-refractivity contribution in [1.29, 1.82) is 0 Å². The van der Waals surface area contributed by atoms with Crippen molar-refractivity contribution in [3.63, 3.8) is 0 Å². The number of carbonyl (C=O) groups is 2. The first kappa shape index (κ1) is 28.0. The highest BCUT2D eigenvalue weighted by Gasteiger charge is 2.33. The number of halogens is 1. The summed E-state index contributed by atoms with van der Waals surface area (Å²) < 4.78 is 33.9. The average molecular weight is 544 g/mol. The van der Waals surface area contributed by atoms with Gasteiger partial charge in [-0.15, -0.1) is 0 Å². The van der Waals surface area contributed by atoms with Gasteiger partial charge in [-0.2, -0.15) is 0 Å². The summed E-state index contributed by atoms with van der Waals surface area (Å²) in [4.78, 5) is 27.7. The number of likely N-dealkylation sites (N-methyl/N-ethyl adjacent to an activating group) is 1. The lowest BCUT2D eigenvalue weighted by molar-refractivity contribution is -0.139. The zero-order chi connectivity index (χ0) is 27.2. The molecule has 0 aromatic heterocycles. The van der Waals surface area contributed by atoms with E-state index in [1.807, 2.05) is 0 Å². The summed E-state index contributed by atoms with van der Waals surface area (Å²) in [6, 6.07) is 18.9. The quantitative estimate of drug-likeness (QED) is 0.417. The molecule has 0 saturated heterocycles. The molecule has 3 aromatic carbocycles. The Labute approximate surface area is 222 Å². The van der Waals surface area contributed by atoms with Crippen LogP contribution in [0.4, 0.5) is 5.69 Å². The average Bonchev–Trinajstić information content (AvgIpc) is 2.90. The number of nitrogens with zero attached hydrogens (tertiary/aromatic N) is 2. The van der Waals surface area contributed by atoms with Crippen molar-refractivity contribution >= 4 is 39.1 Å². The van der Waals surface area contributed by atoms with E-state index >= 15 is 0 Å². The molecule has 0 radical (unpaired) electrons. The first-order valence-corrected chi connectivity index (χ1v) is 13.4. The summed E-state index contributed by atoms with van der Waals surface area (Å²) in [5, 5.41) is 3.00. The van der Waals surface area contributed by atoms with E-state index in [0.717, 1.165) is 9.87 Å². The van der Waals surface area contributed by atoms with E-state index in [1.165, 1.54) is 31.2 Å². The fraction of sp³-hybridized carbons (Fsp3) is 0.259. The lowest BCUT2D eigenvalue weighted by atomic mass is 10.1. The predicted molar refractivity (Wildman–Crippen MR) is 144 cm³/mol. The summed E-state index contributed by atoms with van der Waals surface area (Å²) in [6.07, 6.45) is 0. The summed E-state index contributed by atoms with van der Waals surface area (Å²) in [5.41, 5.74) is 1.62. The number of rotatable bonds is 10. The van der Waals surface area contributed by atoms with Gasteiger partial charge >= 0.3 is 0 Å². The number of ether oxygens (including phenoxy) is 1. The third-order valence-electron chi connectivity index (χ3n) is 5.94.